The highest BCUT2D eigenvalue weighted by atomic mass is 16.5. The number of rotatable bonds is 5. The first-order valence-corrected chi connectivity index (χ1v) is 6.41. The second-order valence-corrected chi connectivity index (χ2v) is 4.46. The zero-order valence-electron chi connectivity index (χ0n) is 11.6. The lowest BCUT2D eigenvalue weighted by Crippen LogP contribution is -2.07. The lowest BCUT2D eigenvalue weighted by molar-refractivity contribution is -0.140. The maximum Gasteiger partial charge on any atom is 0.338 e. The summed E-state index contributed by atoms with van der Waals surface area (Å²) in [5.74, 6) is -0.601. The molecule has 0 radical (unpaired) electrons. The Labute approximate surface area is 116 Å². The molecule has 1 aromatic heterocycles. The third-order valence-corrected chi connectivity index (χ3v) is 3.26. The highest BCUT2D eigenvalue weighted by Crippen LogP contribution is 2.24. The van der Waals surface area contributed by atoms with Crippen molar-refractivity contribution in [3.63, 3.8) is 0 Å². The number of nitrogens with one attached hydrogen (secondary N) is 1. The second kappa shape index (κ2) is 6.23. The zero-order chi connectivity index (χ0) is 14.5. The van der Waals surface area contributed by atoms with Crippen LogP contribution in [0.15, 0.2) is 24.4 Å². The number of fused-ring (bicyclic) bond motifs is 1. The van der Waals surface area contributed by atoms with Crippen LogP contribution < -0.4 is 0 Å². The van der Waals surface area contributed by atoms with Crippen LogP contribution in [-0.4, -0.2) is 31.1 Å². The summed E-state index contributed by atoms with van der Waals surface area (Å²) in [4.78, 5) is 26.2. The first kappa shape index (κ1) is 14.1. The van der Waals surface area contributed by atoms with Gasteiger partial charge in [-0.15, -0.1) is 0 Å². The van der Waals surface area contributed by atoms with Crippen LogP contribution in [0.3, 0.4) is 0 Å². The number of hydrogen-bond acceptors (Lipinski definition) is 4. The van der Waals surface area contributed by atoms with Gasteiger partial charge in [0.05, 0.1) is 19.8 Å². The molecule has 5 nitrogen and oxygen atoms in total. The first-order chi connectivity index (χ1) is 9.67. The number of methoxy groups -OCH3 is 2. The van der Waals surface area contributed by atoms with Gasteiger partial charge < -0.3 is 14.5 Å². The van der Waals surface area contributed by atoms with Crippen molar-refractivity contribution in [1.29, 1.82) is 0 Å². The normalized spacial score (nSPS) is 10.5. The van der Waals surface area contributed by atoms with E-state index in [9.17, 15) is 9.59 Å². The Hall–Kier alpha value is -2.30. The second-order valence-electron chi connectivity index (χ2n) is 4.46. The minimum Gasteiger partial charge on any atom is -0.469 e. The molecular weight excluding hydrogens is 258 g/mol. The van der Waals surface area contributed by atoms with Crippen molar-refractivity contribution in [3.05, 3.63) is 35.5 Å². The number of H-pyrrole nitrogens is 1. The van der Waals surface area contributed by atoms with E-state index in [0.29, 0.717) is 24.8 Å². The average Bonchev–Trinajstić information content (AvgIpc) is 2.94. The zero-order valence-corrected chi connectivity index (χ0v) is 11.6. The summed E-state index contributed by atoms with van der Waals surface area (Å²) in [7, 11) is 2.74. The van der Waals surface area contributed by atoms with Gasteiger partial charge in [-0.2, -0.15) is 0 Å². The molecule has 0 fully saturated rings. The molecule has 0 aliphatic heterocycles. The Morgan fingerprint density at radius 3 is 2.65 bits per heavy atom. The van der Waals surface area contributed by atoms with Gasteiger partial charge in [0.25, 0.3) is 0 Å². The molecule has 0 unspecified atom stereocenters. The number of aryl methyl sites for hydroxylation is 1. The SMILES string of the molecule is COC(=O)CCCc1ccc2[nH]ccc2c1C(=O)OC. The van der Waals surface area contributed by atoms with E-state index in [2.05, 4.69) is 9.72 Å². The molecule has 5 heteroatoms. The van der Waals surface area contributed by atoms with Gasteiger partial charge in [-0.1, -0.05) is 6.07 Å². The predicted molar refractivity (Wildman–Crippen MR) is 74.6 cm³/mol. The highest BCUT2D eigenvalue weighted by Gasteiger charge is 2.16. The number of aromatic nitrogens is 1. The van der Waals surface area contributed by atoms with E-state index in [1.807, 2.05) is 18.2 Å². The number of benzene rings is 1. The topological polar surface area (TPSA) is 68.4 Å². The number of aromatic amines is 1. The first-order valence-electron chi connectivity index (χ1n) is 6.41. The molecule has 1 heterocycles. The fourth-order valence-electron chi connectivity index (χ4n) is 2.26. The predicted octanol–water partition coefficient (Wildman–Crippen LogP) is 2.45. The van der Waals surface area contributed by atoms with E-state index in [0.717, 1.165) is 16.5 Å². The number of hydrogen-bond donors (Lipinski definition) is 1. The lowest BCUT2D eigenvalue weighted by Gasteiger charge is -2.09. The maximum atomic E-state index is 12.0. The molecule has 0 spiro atoms. The van der Waals surface area contributed by atoms with E-state index in [-0.39, 0.29) is 11.9 Å². The highest BCUT2D eigenvalue weighted by molar-refractivity contribution is 6.05. The van der Waals surface area contributed by atoms with Crippen LogP contribution in [0.4, 0.5) is 0 Å². The number of ether oxygens (including phenoxy) is 2. The molecule has 1 N–H and O–H groups in total. The van der Waals surface area contributed by atoms with Gasteiger partial charge in [0, 0.05) is 23.5 Å². The van der Waals surface area contributed by atoms with Crippen molar-refractivity contribution in [2.75, 3.05) is 14.2 Å². The molecule has 0 aliphatic rings. The molecule has 1 aromatic carbocycles. The molecule has 0 aliphatic carbocycles. The van der Waals surface area contributed by atoms with Crippen LogP contribution in [0, 0.1) is 0 Å². The third-order valence-electron chi connectivity index (χ3n) is 3.26. The van der Waals surface area contributed by atoms with E-state index >= 15 is 0 Å². The Morgan fingerprint density at radius 2 is 1.95 bits per heavy atom. The monoisotopic (exact) mass is 275 g/mol. The van der Waals surface area contributed by atoms with E-state index < -0.39 is 0 Å². The number of esters is 2. The van der Waals surface area contributed by atoms with Gasteiger partial charge in [-0.3, -0.25) is 4.79 Å². The van der Waals surface area contributed by atoms with Gasteiger partial charge in [-0.05, 0) is 30.5 Å². The van der Waals surface area contributed by atoms with Crippen molar-refractivity contribution in [3.8, 4) is 0 Å². The lowest BCUT2D eigenvalue weighted by atomic mass is 9.98. The summed E-state index contributed by atoms with van der Waals surface area (Å²) in [5.41, 5.74) is 2.34. The van der Waals surface area contributed by atoms with Crippen LogP contribution in [-0.2, 0) is 20.7 Å². The molecule has 0 atom stereocenters. The van der Waals surface area contributed by atoms with E-state index in [1.54, 1.807) is 6.20 Å². The van der Waals surface area contributed by atoms with Gasteiger partial charge in [-0.25, -0.2) is 4.79 Å². The molecule has 0 saturated carbocycles. The molecule has 0 saturated heterocycles. The molecule has 2 aromatic rings. The summed E-state index contributed by atoms with van der Waals surface area (Å²) in [5, 5.41) is 0.840. The quantitative estimate of drug-likeness (QED) is 0.851. The van der Waals surface area contributed by atoms with Crippen molar-refractivity contribution in [2.24, 2.45) is 0 Å². The summed E-state index contributed by atoms with van der Waals surface area (Å²) in [6.07, 6.45) is 3.38. The minimum atomic E-state index is -0.358. The molecule has 2 rings (SSSR count). The number of carbonyl (C=O) groups is 2. The fourth-order valence-corrected chi connectivity index (χ4v) is 2.26. The van der Waals surface area contributed by atoms with Gasteiger partial charge in [0.2, 0.25) is 0 Å². The maximum absolute atomic E-state index is 12.0. The molecular formula is C15H17NO4. The van der Waals surface area contributed by atoms with Crippen LogP contribution >= 0.6 is 0 Å². The van der Waals surface area contributed by atoms with Gasteiger partial charge in [0.1, 0.15) is 0 Å². The molecule has 0 bridgehead atoms. The summed E-state index contributed by atoms with van der Waals surface area (Å²) in [6.45, 7) is 0. The average molecular weight is 275 g/mol. The largest absolute Gasteiger partial charge is 0.469 e. The van der Waals surface area contributed by atoms with Crippen LogP contribution in [0.5, 0.6) is 0 Å². The summed E-state index contributed by atoms with van der Waals surface area (Å²) >= 11 is 0. The molecule has 20 heavy (non-hydrogen) atoms. The number of carbonyl (C=O) groups excluding carboxylic acids is 2. The Bertz CT molecular complexity index is 630. The Kier molecular flexibility index (Phi) is 4.40. The van der Waals surface area contributed by atoms with Crippen molar-refractivity contribution in [1.82, 2.24) is 4.98 Å². The summed E-state index contributed by atoms with van der Waals surface area (Å²) in [6, 6.07) is 5.67. The van der Waals surface area contributed by atoms with Crippen LogP contribution in [0.2, 0.25) is 0 Å². The Balaban J connectivity index is 2.27. The van der Waals surface area contributed by atoms with Crippen LogP contribution in [0.1, 0.15) is 28.8 Å². The standard InChI is InChI=1S/C15H17NO4/c1-19-13(17)5-3-4-10-6-7-12-11(8-9-16-12)14(10)15(18)20-2/h6-9,16H,3-5H2,1-2H3. The minimum absolute atomic E-state index is 0.243. The van der Waals surface area contributed by atoms with Gasteiger partial charge in [0.15, 0.2) is 0 Å². The fraction of sp³-hybridized carbons (Fsp3) is 0.333. The summed E-state index contributed by atoms with van der Waals surface area (Å²) < 4.78 is 9.47. The van der Waals surface area contributed by atoms with E-state index in [1.165, 1.54) is 14.2 Å². The van der Waals surface area contributed by atoms with Crippen LogP contribution in [0.25, 0.3) is 10.9 Å². The van der Waals surface area contributed by atoms with Gasteiger partial charge >= 0.3 is 11.9 Å². The van der Waals surface area contributed by atoms with Crippen molar-refractivity contribution >= 4 is 22.8 Å². The molecule has 106 valence electrons. The third kappa shape index (κ3) is 2.82. The smallest absolute Gasteiger partial charge is 0.338 e. The molecule has 0 amide bonds. The van der Waals surface area contributed by atoms with E-state index in [4.69, 9.17) is 4.74 Å². The van der Waals surface area contributed by atoms with Crippen molar-refractivity contribution < 1.29 is 19.1 Å². The Morgan fingerprint density at radius 1 is 1.15 bits per heavy atom. The van der Waals surface area contributed by atoms with Crippen molar-refractivity contribution in [2.45, 2.75) is 19.3 Å².